The first-order valence-electron chi connectivity index (χ1n) is 6.35. The molecule has 2 aromatic rings. The van der Waals surface area contributed by atoms with Crippen molar-refractivity contribution < 1.29 is 0 Å². The zero-order valence-electron chi connectivity index (χ0n) is 11.7. The van der Waals surface area contributed by atoms with Crippen LogP contribution in [0.5, 0.6) is 0 Å². The molecule has 104 valence electrons. The molecule has 0 spiro atoms. The summed E-state index contributed by atoms with van der Waals surface area (Å²) in [5.41, 5.74) is 5.29. The summed E-state index contributed by atoms with van der Waals surface area (Å²) in [5, 5.41) is 8.00. The minimum absolute atomic E-state index is 0.295. The van der Waals surface area contributed by atoms with Crippen LogP contribution in [0.4, 0.5) is 0 Å². The molecule has 0 aliphatic carbocycles. The van der Waals surface area contributed by atoms with Gasteiger partial charge in [0.2, 0.25) is 0 Å². The Balaban J connectivity index is 2.29. The van der Waals surface area contributed by atoms with E-state index in [0.29, 0.717) is 6.04 Å². The molecule has 4 nitrogen and oxygen atoms in total. The van der Waals surface area contributed by atoms with Crippen molar-refractivity contribution in [3.8, 4) is 0 Å². The van der Waals surface area contributed by atoms with E-state index in [2.05, 4.69) is 45.2 Å². The summed E-state index contributed by atoms with van der Waals surface area (Å²) in [6.45, 7) is 7.16. The lowest BCUT2D eigenvalue weighted by molar-refractivity contribution is 0.532. The van der Waals surface area contributed by atoms with Crippen LogP contribution in [0.3, 0.4) is 0 Å². The van der Waals surface area contributed by atoms with Crippen molar-refractivity contribution in [2.45, 2.75) is 33.2 Å². The van der Waals surface area contributed by atoms with Crippen LogP contribution in [0.25, 0.3) is 0 Å². The predicted octanol–water partition coefficient (Wildman–Crippen LogP) is 3.15. The van der Waals surface area contributed by atoms with Crippen LogP contribution in [-0.4, -0.2) is 21.3 Å². The Labute approximate surface area is 126 Å². The van der Waals surface area contributed by atoms with Gasteiger partial charge in [-0.1, -0.05) is 6.92 Å². The predicted molar refractivity (Wildman–Crippen MR) is 82.6 cm³/mol. The number of nitrogens with one attached hydrogen (secondary N) is 1. The number of aryl methyl sites for hydroxylation is 3. The molecule has 2 aromatic heterocycles. The van der Waals surface area contributed by atoms with Crippen molar-refractivity contribution in [1.82, 2.24) is 20.1 Å². The number of nitrogens with zero attached hydrogens (tertiary/aromatic N) is 3. The summed E-state index contributed by atoms with van der Waals surface area (Å²) in [5.74, 6) is 0. The van der Waals surface area contributed by atoms with Gasteiger partial charge in [-0.15, -0.1) is 11.3 Å². The third kappa shape index (κ3) is 3.07. The molecule has 0 aliphatic heterocycles. The van der Waals surface area contributed by atoms with E-state index in [-0.39, 0.29) is 0 Å². The van der Waals surface area contributed by atoms with Gasteiger partial charge >= 0.3 is 0 Å². The molecule has 2 heterocycles. The zero-order chi connectivity index (χ0) is 14.0. The van der Waals surface area contributed by atoms with E-state index in [1.165, 1.54) is 10.6 Å². The van der Waals surface area contributed by atoms with E-state index in [0.717, 1.165) is 28.8 Å². The molecular weight excluding hydrogens is 324 g/mol. The van der Waals surface area contributed by atoms with Gasteiger partial charge in [-0.25, -0.2) is 4.98 Å². The largest absolute Gasteiger partial charge is 0.309 e. The third-order valence-corrected chi connectivity index (χ3v) is 5.28. The maximum Gasteiger partial charge on any atom is 0.0798 e. The quantitative estimate of drug-likeness (QED) is 0.907. The maximum atomic E-state index is 4.46. The Morgan fingerprint density at radius 3 is 2.63 bits per heavy atom. The molecule has 0 saturated heterocycles. The van der Waals surface area contributed by atoms with Crippen molar-refractivity contribution in [1.29, 1.82) is 0 Å². The fraction of sp³-hybridized carbons (Fsp3) is 0.538. The van der Waals surface area contributed by atoms with Crippen molar-refractivity contribution in [2.75, 3.05) is 6.54 Å². The lowest BCUT2D eigenvalue weighted by Crippen LogP contribution is -2.24. The van der Waals surface area contributed by atoms with Gasteiger partial charge in [-0.2, -0.15) is 5.10 Å². The van der Waals surface area contributed by atoms with Gasteiger partial charge in [0.05, 0.1) is 27.1 Å². The Morgan fingerprint density at radius 2 is 2.16 bits per heavy atom. The van der Waals surface area contributed by atoms with Crippen LogP contribution in [0, 0.1) is 13.8 Å². The van der Waals surface area contributed by atoms with Crippen molar-refractivity contribution >= 4 is 27.3 Å². The maximum absolute atomic E-state index is 4.46. The molecular formula is C13H19BrN4S. The van der Waals surface area contributed by atoms with E-state index in [1.54, 1.807) is 11.3 Å². The summed E-state index contributed by atoms with van der Waals surface area (Å²) < 4.78 is 3.07. The Bertz CT molecular complexity index is 561. The van der Waals surface area contributed by atoms with Gasteiger partial charge in [0, 0.05) is 24.4 Å². The molecule has 0 radical (unpaired) electrons. The van der Waals surface area contributed by atoms with Crippen LogP contribution in [0.15, 0.2) is 9.98 Å². The average molecular weight is 343 g/mol. The Hall–Kier alpha value is -0.720. The van der Waals surface area contributed by atoms with Gasteiger partial charge in [0.15, 0.2) is 0 Å². The lowest BCUT2D eigenvalue weighted by atomic mass is 10.1. The third-order valence-electron chi connectivity index (χ3n) is 3.21. The average Bonchev–Trinajstić information content (AvgIpc) is 2.88. The topological polar surface area (TPSA) is 42.7 Å². The summed E-state index contributed by atoms with van der Waals surface area (Å²) in [6, 6.07) is 0.295. The van der Waals surface area contributed by atoms with Gasteiger partial charge < -0.3 is 5.32 Å². The summed E-state index contributed by atoms with van der Waals surface area (Å²) in [4.78, 5) is 5.67. The molecule has 1 N–H and O–H groups in total. The van der Waals surface area contributed by atoms with Crippen LogP contribution >= 0.6 is 27.3 Å². The number of aromatic nitrogens is 3. The number of halogens is 1. The Kier molecular flexibility index (Phi) is 4.76. The lowest BCUT2D eigenvalue weighted by Gasteiger charge is -2.17. The van der Waals surface area contributed by atoms with Crippen LogP contribution in [-0.2, 0) is 13.5 Å². The second kappa shape index (κ2) is 6.15. The fourth-order valence-electron chi connectivity index (χ4n) is 2.24. The van der Waals surface area contributed by atoms with Crippen LogP contribution in [0.2, 0.25) is 0 Å². The van der Waals surface area contributed by atoms with Crippen molar-refractivity contribution in [2.24, 2.45) is 7.05 Å². The summed E-state index contributed by atoms with van der Waals surface area (Å²) in [6.07, 6.45) is 0.912. The first-order valence-corrected chi connectivity index (χ1v) is 8.03. The second-order valence-corrected chi connectivity index (χ2v) is 6.27. The number of thiazole rings is 1. The SMILES string of the molecule is CCNC(Cc1c(Br)c(C)nn1C)c1scnc1C. The van der Waals surface area contributed by atoms with E-state index in [4.69, 9.17) is 0 Å². The van der Waals surface area contributed by atoms with Crippen LogP contribution < -0.4 is 5.32 Å². The summed E-state index contributed by atoms with van der Waals surface area (Å²) in [7, 11) is 2.00. The standard InChI is InChI=1S/C13H19BrN4S/c1-5-15-10(13-9(3)16-7-19-13)6-11-12(14)8(2)17-18(11)4/h7,10,15H,5-6H2,1-4H3. The molecule has 1 unspecified atom stereocenters. The van der Waals surface area contributed by atoms with Gasteiger partial charge in [0.1, 0.15) is 0 Å². The highest BCUT2D eigenvalue weighted by atomic mass is 79.9. The normalized spacial score (nSPS) is 12.9. The van der Waals surface area contributed by atoms with E-state index in [9.17, 15) is 0 Å². The highest BCUT2D eigenvalue weighted by Gasteiger charge is 2.20. The van der Waals surface area contributed by atoms with Gasteiger partial charge in [-0.3, -0.25) is 4.68 Å². The first-order chi connectivity index (χ1) is 9.04. The van der Waals surface area contributed by atoms with Gasteiger partial charge in [0.25, 0.3) is 0 Å². The minimum Gasteiger partial charge on any atom is -0.309 e. The molecule has 2 rings (SSSR count). The fourth-order valence-corrected chi connectivity index (χ4v) is 3.62. The first kappa shape index (κ1) is 14.7. The Morgan fingerprint density at radius 1 is 1.42 bits per heavy atom. The van der Waals surface area contributed by atoms with E-state index >= 15 is 0 Å². The molecule has 19 heavy (non-hydrogen) atoms. The van der Waals surface area contributed by atoms with Crippen molar-refractivity contribution in [3.63, 3.8) is 0 Å². The molecule has 0 bridgehead atoms. The minimum atomic E-state index is 0.295. The highest BCUT2D eigenvalue weighted by molar-refractivity contribution is 9.10. The summed E-state index contributed by atoms with van der Waals surface area (Å²) >= 11 is 5.36. The van der Waals surface area contributed by atoms with E-state index in [1.807, 2.05) is 24.2 Å². The number of hydrogen-bond donors (Lipinski definition) is 1. The van der Waals surface area contributed by atoms with Gasteiger partial charge in [-0.05, 0) is 36.3 Å². The molecule has 0 aromatic carbocycles. The number of hydrogen-bond acceptors (Lipinski definition) is 4. The zero-order valence-corrected chi connectivity index (χ0v) is 14.1. The highest BCUT2D eigenvalue weighted by Crippen LogP contribution is 2.29. The molecule has 0 fully saturated rings. The molecule has 6 heteroatoms. The smallest absolute Gasteiger partial charge is 0.0798 e. The molecule has 0 saturated carbocycles. The molecule has 0 aliphatic rings. The number of rotatable bonds is 5. The molecule has 0 amide bonds. The monoisotopic (exact) mass is 342 g/mol. The molecule has 1 atom stereocenters. The number of likely N-dealkylation sites (N-methyl/N-ethyl adjacent to an activating group) is 1. The van der Waals surface area contributed by atoms with Crippen LogP contribution in [0.1, 0.15) is 34.9 Å². The second-order valence-electron chi connectivity index (χ2n) is 4.59. The van der Waals surface area contributed by atoms with E-state index < -0.39 is 0 Å². The van der Waals surface area contributed by atoms with Crippen molar-refractivity contribution in [3.05, 3.63) is 31.9 Å².